The lowest BCUT2D eigenvalue weighted by atomic mass is 9.89. The minimum absolute atomic E-state index is 0.218. The third kappa shape index (κ3) is 2.81. The minimum Gasteiger partial charge on any atom is -0.279 e. The van der Waals surface area contributed by atoms with Crippen LogP contribution in [0.3, 0.4) is 0 Å². The van der Waals surface area contributed by atoms with Crippen LogP contribution in [0.25, 0.3) is 0 Å². The molecule has 0 heterocycles. The predicted molar refractivity (Wildman–Crippen MR) is 65.1 cm³/mol. The van der Waals surface area contributed by atoms with Gasteiger partial charge in [0.2, 0.25) is 0 Å². The Morgan fingerprint density at radius 2 is 2.00 bits per heavy atom. The summed E-state index contributed by atoms with van der Waals surface area (Å²) in [6.45, 7) is 2.21. The maximum Gasteiger partial charge on any atom is 0.123 e. The van der Waals surface area contributed by atoms with Crippen LogP contribution in [0.4, 0.5) is 10.1 Å². The van der Waals surface area contributed by atoms with Gasteiger partial charge in [-0.05, 0) is 49.4 Å². The maximum atomic E-state index is 12.7. The molecule has 0 spiro atoms. The highest BCUT2D eigenvalue weighted by molar-refractivity contribution is 5.87. The van der Waals surface area contributed by atoms with Gasteiger partial charge in [-0.2, -0.15) is 5.10 Å². The molecule has 2 rings (SSSR count). The molecule has 0 bridgehead atoms. The van der Waals surface area contributed by atoms with Gasteiger partial charge < -0.3 is 0 Å². The number of anilines is 1. The number of hydrazone groups is 1. The van der Waals surface area contributed by atoms with Crippen LogP contribution < -0.4 is 5.43 Å². The van der Waals surface area contributed by atoms with Crippen molar-refractivity contribution in [3.8, 4) is 0 Å². The third-order valence-electron chi connectivity index (χ3n) is 3.06. The van der Waals surface area contributed by atoms with Gasteiger partial charge in [0.25, 0.3) is 0 Å². The van der Waals surface area contributed by atoms with Crippen LogP contribution in [0.1, 0.15) is 32.6 Å². The minimum atomic E-state index is -0.218. The topological polar surface area (TPSA) is 24.4 Å². The molecule has 16 heavy (non-hydrogen) atoms. The van der Waals surface area contributed by atoms with E-state index < -0.39 is 0 Å². The van der Waals surface area contributed by atoms with Gasteiger partial charge in [-0.3, -0.25) is 5.43 Å². The fraction of sp³-hybridized carbons (Fsp3) is 0.462. The summed E-state index contributed by atoms with van der Waals surface area (Å²) < 4.78 is 12.7. The molecule has 0 aromatic heterocycles. The van der Waals surface area contributed by atoms with E-state index in [1.165, 1.54) is 37.1 Å². The van der Waals surface area contributed by atoms with Gasteiger partial charge >= 0.3 is 0 Å². The van der Waals surface area contributed by atoms with E-state index >= 15 is 0 Å². The van der Waals surface area contributed by atoms with Crippen LogP contribution in [0.5, 0.6) is 0 Å². The quantitative estimate of drug-likeness (QED) is 0.753. The number of halogens is 1. The van der Waals surface area contributed by atoms with Gasteiger partial charge in [0.05, 0.1) is 5.69 Å². The molecule has 2 nitrogen and oxygen atoms in total. The number of hydrogen-bond acceptors (Lipinski definition) is 2. The van der Waals surface area contributed by atoms with Crippen molar-refractivity contribution in [3.05, 3.63) is 30.1 Å². The van der Waals surface area contributed by atoms with Crippen molar-refractivity contribution >= 4 is 11.4 Å². The highest BCUT2D eigenvalue weighted by Crippen LogP contribution is 2.21. The molecule has 1 aliphatic rings. The highest BCUT2D eigenvalue weighted by atomic mass is 19.1. The Hall–Kier alpha value is -1.38. The lowest BCUT2D eigenvalue weighted by molar-refractivity contribution is 0.558. The van der Waals surface area contributed by atoms with Crippen molar-refractivity contribution in [2.45, 2.75) is 32.6 Å². The zero-order valence-electron chi connectivity index (χ0n) is 9.54. The molecule has 0 aliphatic heterocycles. The molecule has 0 unspecified atom stereocenters. The first-order chi connectivity index (χ1) is 7.75. The molecule has 1 aromatic rings. The maximum absolute atomic E-state index is 12.7. The van der Waals surface area contributed by atoms with E-state index in [1.807, 2.05) is 0 Å². The fourth-order valence-electron chi connectivity index (χ4n) is 2.00. The largest absolute Gasteiger partial charge is 0.279 e. The van der Waals surface area contributed by atoms with Crippen molar-refractivity contribution in [2.75, 3.05) is 5.43 Å². The molecule has 1 atom stereocenters. The normalized spacial score (nSPS) is 23.4. The van der Waals surface area contributed by atoms with E-state index in [9.17, 15) is 4.39 Å². The zero-order valence-corrected chi connectivity index (χ0v) is 9.54. The Labute approximate surface area is 95.6 Å². The van der Waals surface area contributed by atoms with Crippen LogP contribution in [0, 0.1) is 11.7 Å². The molecule has 86 valence electrons. The van der Waals surface area contributed by atoms with Gasteiger partial charge in [0.1, 0.15) is 5.82 Å². The Balaban J connectivity index is 1.99. The number of hydrogen-bond donors (Lipinski definition) is 1. The molecular weight excluding hydrogens is 203 g/mol. The Bertz CT molecular complexity index is 370. The summed E-state index contributed by atoms with van der Waals surface area (Å²) in [4.78, 5) is 0. The van der Waals surface area contributed by atoms with Gasteiger partial charge in [-0.25, -0.2) is 4.39 Å². The summed E-state index contributed by atoms with van der Waals surface area (Å²) in [5, 5.41) is 4.41. The second kappa shape index (κ2) is 5.10. The molecule has 1 aromatic carbocycles. The van der Waals surface area contributed by atoms with Gasteiger partial charge in [0.15, 0.2) is 0 Å². The molecular formula is C13H17FN2. The van der Waals surface area contributed by atoms with Gasteiger partial charge in [-0.1, -0.05) is 13.3 Å². The fourth-order valence-corrected chi connectivity index (χ4v) is 2.00. The molecule has 0 amide bonds. The van der Waals surface area contributed by atoms with E-state index in [0.717, 1.165) is 12.1 Å². The summed E-state index contributed by atoms with van der Waals surface area (Å²) in [7, 11) is 0. The number of benzene rings is 1. The van der Waals surface area contributed by atoms with Crippen molar-refractivity contribution < 1.29 is 4.39 Å². The van der Waals surface area contributed by atoms with Crippen molar-refractivity contribution in [2.24, 2.45) is 11.0 Å². The van der Waals surface area contributed by atoms with Crippen molar-refractivity contribution in [1.82, 2.24) is 0 Å². The summed E-state index contributed by atoms with van der Waals surface area (Å²) in [6.07, 6.45) is 4.84. The van der Waals surface area contributed by atoms with E-state index in [1.54, 1.807) is 12.1 Å². The second-order valence-corrected chi connectivity index (χ2v) is 4.37. The third-order valence-corrected chi connectivity index (χ3v) is 3.06. The van der Waals surface area contributed by atoms with E-state index in [4.69, 9.17) is 0 Å². The Morgan fingerprint density at radius 3 is 2.69 bits per heavy atom. The van der Waals surface area contributed by atoms with Crippen molar-refractivity contribution in [3.63, 3.8) is 0 Å². The summed E-state index contributed by atoms with van der Waals surface area (Å²) in [5.41, 5.74) is 5.06. The summed E-state index contributed by atoms with van der Waals surface area (Å²) in [5.74, 6) is 0.353. The number of rotatable bonds is 2. The van der Waals surface area contributed by atoms with Crippen LogP contribution in [-0.2, 0) is 0 Å². The lowest BCUT2D eigenvalue weighted by Crippen LogP contribution is -2.17. The smallest absolute Gasteiger partial charge is 0.123 e. The Kier molecular flexibility index (Phi) is 3.54. The van der Waals surface area contributed by atoms with E-state index in [2.05, 4.69) is 17.5 Å². The van der Waals surface area contributed by atoms with Crippen LogP contribution in [0.2, 0.25) is 0 Å². The van der Waals surface area contributed by atoms with E-state index in [-0.39, 0.29) is 5.82 Å². The number of nitrogens with zero attached hydrogens (tertiary/aromatic N) is 1. The highest BCUT2D eigenvalue weighted by Gasteiger charge is 2.15. The standard InChI is InChI=1S/C13H17FN2/c1-10-4-2-3-5-13(10)16-15-12-8-6-11(14)7-9-12/h6-10,15H,2-5H2,1H3/b16-13-/t10-/m1/s1. The van der Waals surface area contributed by atoms with Gasteiger partial charge in [-0.15, -0.1) is 0 Å². The summed E-state index contributed by atoms with van der Waals surface area (Å²) >= 11 is 0. The average Bonchev–Trinajstić information content (AvgIpc) is 2.30. The molecule has 1 saturated carbocycles. The molecule has 0 saturated heterocycles. The molecule has 1 aliphatic carbocycles. The second-order valence-electron chi connectivity index (χ2n) is 4.37. The van der Waals surface area contributed by atoms with Crippen LogP contribution >= 0.6 is 0 Å². The van der Waals surface area contributed by atoms with Crippen molar-refractivity contribution in [1.29, 1.82) is 0 Å². The summed E-state index contributed by atoms with van der Waals surface area (Å²) in [6, 6.07) is 6.28. The molecule has 1 N–H and O–H groups in total. The first-order valence-corrected chi connectivity index (χ1v) is 5.84. The lowest BCUT2D eigenvalue weighted by Gasteiger charge is -2.20. The van der Waals surface area contributed by atoms with E-state index in [0.29, 0.717) is 5.92 Å². The zero-order chi connectivity index (χ0) is 11.4. The molecule has 0 radical (unpaired) electrons. The monoisotopic (exact) mass is 220 g/mol. The first-order valence-electron chi connectivity index (χ1n) is 5.84. The SMILES string of the molecule is C[C@@H]1CCCC/C1=N/Nc1ccc(F)cc1. The average molecular weight is 220 g/mol. The first kappa shape index (κ1) is 11.1. The predicted octanol–water partition coefficient (Wildman–Crippen LogP) is 3.80. The molecule has 3 heteroatoms. The number of nitrogens with one attached hydrogen (secondary N) is 1. The Morgan fingerprint density at radius 1 is 1.25 bits per heavy atom. The van der Waals surface area contributed by atoms with Crippen LogP contribution in [0.15, 0.2) is 29.4 Å². The van der Waals surface area contributed by atoms with Gasteiger partial charge in [0, 0.05) is 5.71 Å². The molecule has 1 fully saturated rings. The van der Waals surface area contributed by atoms with Crippen LogP contribution in [-0.4, -0.2) is 5.71 Å².